The van der Waals surface area contributed by atoms with Gasteiger partial charge in [-0.25, -0.2) is 17.2 Å². The Morgan fingerprint density at radius 3 is 2.02 bits per heavy atom. The fraction of sp³-hybridized carbons (Fsp3) is 0.878. The van der Waals surface area contributed by atoms with Crippen molar-refractivity contribution in [3.8, 4) is 0 Å². The highest BCUT2D eigenvalue weighted by atomic mass is 32.2. The number of sulfone groups is 1. The van der Waals surface area contributed by atoms with Crippen LogP contribution in [0, 0.1) is 40.4 Å². The van der Waals surface area contributed by atoms with E-state index in [4.69, 9.17) is 0 Å². The van der Waals surface area contributed by atoms with Gasteiger partial charge in [0.1, 0.15) is 5.78 Å². The molecule has 5 fully saturated rings. The van der Waals surface area contributed by atoms with Crippen molar-refractivity contribution < 1.29 is 41.2 Å². The molecule has 8 nitrogen and oxygen atoms in total. The number of carbonyl (C=O) groups is 5. The molecule has 5 atom stereocenters. The van der Waals surface area contributed by atoms with Crippen molar-refractivity contribution in [1.29, 1.82) is 0 Å². The van der Waals surface area contributed by atoms with E-state index in [-0.39, 0.29) is 111 Å². The number of Topliss-reactive ketones (excluding diaryl/α,β-unsaturated/α-hetero) is 4. The Bertz CT molecular complexity index is 1490. The van der Waals surface area contributed by atoms with E-state index >= 15 is 0 Å². The number of halogens is 2. The van der Waals surface area contributed by atoms with Crippen molar-refractivity contribution in [2.45, 2.75) is 173 Å². The third-order valence-corrected chi connectivity index (χ3v) is 16.4. The fourth-order valence-corrected chi connectivity index (χ4v) is 11.4. The monoisotopic (exact) mass is 751 g/mol. The van der Waals surface area contributed by atoms with Gasteiger partial charge in [0, 0.05) is 56.9 Å². The highest BCUT2D eigenvalue weighted by Crippen LogP contribution is 2.65. The number of ketones is 4. The summed E-state index contributed by atoms with van der Waals surface area (Å²) in [4.78, 5) is 70.8. The summed E-state index contributed by atoms with van der Waals surface area (Å²) in [5.74, 6) is -6.42. The van der Waals surface area contributed by atoms with Crippen LogP contribution in [0.2, 0.25) is 0 Å². The van der Waals surface area contributed by atoms with Gasteiger partial charge in [0.05, 0.1) is 16.5 Å². The second-order valence-corrected chi connectivity index (χ2v) is 21.8. The number of nitrogens with zero attached hydrogens (tertiary/aromatic N) is 1. The normalized spacial score (nSPS) is 31.4. The molecule has 0 bridgehead atoms. The Morgan fingerprint density at radius 1 is 0.827 bits per heavy atom. The summed E-state index contributed by atoms with van der Waals surface area (Å²) >= 11 is 0. The molecule has 0 aromatic rings. The fourth-order valence-electron chi connectivity index (χ4n) is 9.76. The molecular formula is C41H63F2NO7S. The number of hydrogen-bond acceptors (Lipinski definition) is 7. The van der Waals surface area contributed by atoms with Crippen molar-refractivity contribution in [3.05, 3.63) is 0 Å². The van der Waals surface area contributed by atoms with Gasteiger partial charge in [0.25, 0.3) is 0 Å². The number of rotatable bonds is 10. The van der Waals surface area contributed by atoms with Crippen LogP contribution in [-0.4, -0.2) is 71.4 Å². The molecule has 0 aromatic heterocycles. The topological polar surface area (TPSA) is 123 Å². The summed E-state index contributed by atoms with van der Waals surface area (Å²) in [5.41, 5.74) is -0.886. The Kier molecular flexibility index (Phi) is 12.3. The number of alkyl halides is 2. The number of carbonyl (C=O) groups excluding carboxylic acids is 5. The van der Waals surface area contributed by atoms with E-state index in [1.165, 1.54) is 0 Å². The summed E-state index contributed by atoms with van der Waals surface area (Å²) in [7, 11) is -3.53. The molecule has 5 rings (SSSR count). The predicted octanol–water partition coefficient (Wildman–Crippen LogP) is 7.88. The van der Waals surface area contributed by atoms with Crippen LogP contribution >= 0.6 is 0 Å². The molecule has 5 aliphatic rings. The quantitative estimate of drug-likeness (QED) is 0.208. The van der Waals surface area contributed by atoms with Crippen LogP contribution in [0.1, 0.15) is 157 Å². The van der Waals surface area contributed by atoms with Gasteiger partial charge < -0.3 is 4.90 Å². The van der Waals surface area contributed by atoms with Gasteiger partial charge in [-0.15, -0.1) is 0 Å². The maximum atomic E-state index is 15.0. The number of piperidine rings is 1. The zero-order chi connectivity index (χ0) is 38.3. The zero-order valence-corrected chi connectivity index (χ0v) is 33.1. The van der Waals surface area contributed by atoms with Gasteiger partial charge in [-0.2, -0.15) is 0 Å². The standard InChI is InChI=1S/C41H63F2NO7S/c1-38(2,3)52(50,51)26-40(17-9-6-10-18-40)24-30(45)22-29-14-8-12-20-41(42,43)19-11-7-13-28(36(48)33(47)21-27-15-16-27)23-32(46)35-34-31(39(34,4)5)25-44(35)37(29)49/h27-29,31,34-35H,6-26H2,1-5H3/t28-,29-,31+,34+,35-/m1/s1. The predicted molar refractivity (Wildman–Crippen MR) is 195 cm³/mol. The second-order valence-electron chi connectivity index (χ2n) is 19.1. The third kappa shape index (κ3) is 9.60. The minimum Gasteiger partial charge on any atom is -0.332 e. The molecule has 11 heteroatoms. The van der Waals surface area contributed by atoms with E-state index in [2.05, 4.69) is 13.8 Å². The Morgan fingerprint density at radius 2 is 1.42 bits per heavy atom. The maximum Gasteiger partial charge on any atom is 0.248 e. The van der Waals surface area contributed by atoms with Crippen molar-refractivity contribution in [1.82, 2.24) is 4.90 Å². The average molecular weight is 752 g/mol. The van der Waals surface area contributed by atoms with Crippen molar-refractivity contribution in [2.24, 2.45) is 40.4 Å². The highest BCUT2D eigenvalue weighted by Gasteiger charge is 2.69. The van der Waals surface area contributed by atoms with Gasteiger partial charge in [0.2, 0.25) is 17.6 Å². The number of hydrogen-bond donors (Lipinski definition) is 0. The van der Waals surface area contributed by atoms with E-state index < -0.39 is 55.4 Å². The van der Waals surface area contributed by atoms with Crippen LogP contribution in [0.25, 0.3) is 0 Å². The first kappa shape index (κ1) is 41.1. The lowest BCUT2D eigenvalue weighted by Crippen LogP contribution is -2.49. The first-order valence-electron chi connectivity index (χ1n) is 20.2. The molecule has 3 aliphatic carbocycles. The van der Waals surface area contributed by atoms with Crippen molar-refractivity contribution in [3.63, 3.8) is 0 Å². The number of fused-ring (bicyclic) bond motifs is 3. The first-order valence-corrected chi connectivity index (χ1v) is 21.8. The van der Waals surface area contributed by atoms with Crippen molar-refractivity contribution in [2.75, 3.05) is 12.3 Å². The molecule has 0 unspecified atom stereocenters. The van der Waals surface area contributed by atoms with E-state index in [0.29, 0.717) is 32.2 Å². The van der Waals surface area contributed by atoms with Crippen LogP contribution in [0.5, 0.6) is 0 Å². The van der Waals surface area contributed by atoms with E-state index in [9.17, 15) is 41.2 Å². The SMILES string of the molecule is CC1(C)[C@@H]2[C@H]3C(=O)C[C@H](C(=O)C(=O)CC4CC4)CCCCC(F)(F)CCCC[C@H](CC(=O)CC4(CS(=O)(=O)C(C)(C)C)CCCCC4)C(=O)N3C[C@@H]21. The minimum atomic E-state index is -3.53. The first-order chi connectivity index (χ1) is 24.2. The molecule has 2 heterocycles. The zero-order valence-electron chi connectivity index (χ0n) is 32.3. The summed E-state index contributed by atoms with van der Waals surface area (Å²) in [6.45, 7) is 9.52. The summed E-state index contributed by atoms with van der Waals surface area (Å²) < 4.78 is 55.8. The van der Waals surface area contributed by atoms with Crippen LogP contribution in [0.3, 0.4) is 0 Å². The summed E-state index contributed by atoms with van der Waals surface area (Å²) in [6, 6.07) is -0.766. The highest BCUT2D eigenvalue weighted by molar-refractivity contribution is 7.92. The molecule has 2 aliphatic heterocycles. The molecule has 2 saturated heterocycles. The lowest BCUT2D eigenvalue weighted by Gasteiger charge is -2.39. The molecule has 1 amide bonds. The van der Waals surface area contributed by atoms with Gasteiger partial charge in [-0.3, -0.25) is 24.0 Å². The van der Waals surface area contributed by atoms with Crippen LogP contribution in [0.4, 0.5) is 8.78 Å². The Labute approximate surface area is 310 Å². The number of amides is 1. The molecule has 294 valence electrons. The summed E-state index contributed by atoms with van der Waals surface area (Å²) in [6.07, 6.45) is 6.23. The molecular weight excluding hydrogens is 689 g/mol. The van der Waals surface area contributed by atoms with E-state index in [1.807, 2.05) is 0 Å². The van der Waals surface area contributed by atoms with E-state index in [1.54, 1.807) is 25.7 Å². The molecule has 0 N–H and O–H groups in total. The minimum absolute atomic E-state index is 0.0451. The lowest BCUT2D eigenvalue weighted by molar-refractivity contribution is -0.146. The van der Waals surface area contributed by atoms with Gasteiger partial charge in [-0.1, -0.05) is 46.0 Å². The second kappa shape index (κ2) is 15.6. The molecule has 0 spiro atoms. The average Bonchev–Trinajstić information content (AvgIpc) is 3.89. The maximum absolute atomic E-state index is 15.0. The summed E-state index contributed by atoms with van der Waals surface area (Å²) in [5, 5.41) is 0. The lowest BCUT2D eigenvalue weighted by atomic mass is 9.71. The van der Waals surface area contributed by atoms with Gasteiger partial charge in [-0.05, 0) is 101 Å². The van der Waals surface area contributed by atoms with Crippen LogP contribution in [0.15, 0.2) is 0 Å². The van der Waals surface area contributed by atoms with Gasteiger partial charge in [0.15, 0.2) is 21.4 Å². The van der Waals surface area contributed by atoms with Gasteiger partial charge >= 0.3 is 0 Å². The molecule has 0 aromatic carbocycles. The smallest absolute Gasteiger partial charge is 0.248 e. The van der Waals surface area contributed by atoms with Crippen LogP contribution in [-0.2, 0) is 33.8 Å². The Hall–Kier alpha value is -2.04. The van der Waals surface area contributed by atoms with Crippen LogP contribution < -0.4 is 0 Å². The van der Waals surface area contributed by atoms with Crippen molar-refractivity contribution >= 4 is 38.9 Å². The Balaban J connectivity index is 1.39. The molecule has 3 saturated carbocycles. The molecule has 52 heavy (non-hydrogen) atoms. The van der Waals surface area contributed by atoms with E-state index in [0.717, 1.165) is 32.1 Å². The third-order valence-electron chi connectivity index (χ3n) is 13.5. The largest absolute Gasteiger partial charge is 0.332 e. The molecule has 0 radical (unpaired) electrons.